The van der Waals surface area contributed by atoms with Crippen LogP contribution in [0.4, 0.5) is 5.69 Å². The SMILES string of the molecule is CS(=O)(=O)Nc1ccc(C(=O)N[C@@H](CCO)C(=O)O)cc1. The zero-order valence-corrected chi connectivity index (χ0v) is 12.1. The highest BCUT2D eigenvalue weighted by Crippen LogP contribution is 2.11. The van der Waals surface area contributed by atoms with Gasteiger partial charge >= 0.3 is 5.97 Å². The predicted molar refractivity (Wildman–Crippen MR) is 75.5 cm³/mol. The molecule has 1 aromatic carbocycles. The fraction of sp³-hybridized carbons (Fsp3) is 0.333. The second-order valence-electron chi connectivity index (χ2n) is 4.33. The number of rotatable bonds is 7. The molecule has 0 aliphatic rings. The third kappa shape index (κ3) is 5.79. The first-order valence-electron chi connectivity index (χ1n) is 5.95. The molecule has 9 heteroatoms. The number of sulfonamides is 1. The Balaban J connectivity index is 2.77. The number of hydrogen-bond donors (Lipinski definition) is 4. The summed E-state index contributed by atoms with van der Waals surface area (Å²) in [6.45, 7) is -0.367. The number of carbonyl (C=O) groups excluding carboxylic acids is 1. The van der Waals surface area contributed by atoms with Crippen LogP contribution in [0, 0.1) is 0 Å². The fourth-order valence-electron chi connectivity index (χ4n) is 1.53. The van der Waals surface area contributed by atoms with Crippen molar-refractivity contribution in [2.45, 2.75) is 12.5 Å². The molecule has 0 saturated heterocycles. The van der Waals surface area contributed by atoms with E-state index in [9.17, 15) is 18.0 Å². The predicted octanol–water partition coefficient (Wildman–Crippen LogP) is -0.377. The van der Waals surface area contributed by atoms with Gasteiger partial charge in [0.15, 0.2) is 0 Å². The van der Waals surface area contributed by atoms with Crippen molar-refractivity contribution in [3.63, 3.8) is 0 Å². The normalized spacial score (nSPS) is 12.5. The molecule has 4 N–H and O–H groups in total. The van der Waals surface area contributed by atoms with E-state index in [0.717, 1.165) is 6.26 Å². The molecule has 1 amide bonds. The zero-order chi connectivity index (χ0) is 16.0. The van der Waals surface area contributed by atoms with E-state index < -0.39 is 27.9 Å². The van der Waals surface area contributed by atoms with E-state index in [0.29, 0.717) is 5.69 Å². The lowest BCUT2D eigenvalue weighted by atomic mass is 10.1. The number of amides is 1. The number of aliphatic hydroxyl groups is 1. The third-order valence-electron chi connectivity index (χ3n) is 2.47. The number of benzene rings is 1. The molecule has 0 aliphatic carbocycles. The molecule has 0 unspecified atom stereocenters. The van der Waals surface area contributed by atoms with Gasteiger partial charge in [0.2, 0.25) is 10.0 Å². The Bertz CT molecular complexity index is 611. The molecule has 0 aromatic heterocycles. The van der Waals surface area contributed by atoms with Crippen LogP contribution in [0.5, 0.6) is 0 Å². The van der Waals surface area contributed by atoms with Crippen molar-refractivity contribution in [1.82, 2.24) is 5.32 Å². The van der Waals surface area contributed by atoms with Gasteiger partial charge in [-0.05, 0) is 24.3 Å². The van der Waals surface area contributed by atoms with Crippen LogP contribution in [0.1, 0.15) is 16.8 Å². The van der Waals surface area contributed by atoms with Crippen molar-refractivity contribution >= 4 is 27.6 Å². The first-order chi connectivity index (χ1) is 9.73. The quantitative estimate of drug-likeness (QED) is 0.542. The van der Waals surface area contributed by atoms with Crippen LogP contribution >= 0.6 is 0 Å². The minimum atomic E-state index is -3.40. The Hall–Kier alpha value is -2.13. The Morgan fingerprint density at radius 3 is 2.24 bits per heavy atom. The Morgan fingerprint density at radius 2 is 1.81 bits per heavy atom. The van der Waals surface area contributed by atoms with Gasteiger partial charge in [-0.3, -0.25) is 9.52 Å². The van der Waals surface area contributed by atoms with Gasteiger partial charge in [-0.2, -0.15) is 0 Å². The average molecular weight is 316 g/mol. The van der Waals surface area contributed by atoms with Gasteiger partial charge in [0.25, 0.3) is 5.91 Å². The van der Waals surface area contributed by atoms with Crippen LogP contribution in [0.15, 0.2) is 24.3 Å². The summed E-state index contributed by atoms with van der Waals surface area (Å²) in [4.78, 5) is 22.7. The van der Waals surface area contributed by atoms with Crippen molar-refractivity contribution in [2.75, 3.05) is 17.6 Å². The summed E-state index contributed by atoms with van der Waals surface area (Å²) < 4.78 is 24.3. The number of aliphatic hydroxyl groups excluding tert-OH is 1. The molecule has 1 atom stereocenters. The van der Waals surface area contributed by atoms with E-state index in [4.69, 9.17) is 10.2 Å². The molecule has 1 aromatic rings. The average Bonchev–Trinajstić information content (AvgIpc) is 2.36. The highest BCUT2D eigenvalue weighted by atomic mass is 32.2. The smallest absolute Gasteiger partial charge is 0.326 e. The lowest BCUT2D eigenvalue weighted by Gasteiger charge is -2.13. The van der Waals surface area contributed by atoms with E-state index in [1.165, 1.54) is 24.3 Å². The zero-order valence-electron chi connectivity index (χ0n) is 11.2. The second-order valence-corrected chi connectivity index (χ2v) is 6.08. The van der Waals surface area contributed by atoms with Crippen molar-refractivity contribution in [3.8, 4) is 0 Å². The number of hydrogen-bond acceptors (Lipinski definition) is 5. The Morgan fingerprint density at radius 1 is 1.24 bits per heavy atom. The van der Waals surface area contributed by atoms with Gasteiger partial charge in [-0.1, -0.05) is 0 Å². The molecule has 21 heavy (non-hydrogen) atoms. The van der Waals surface area contributed by atoms with Gasteiger partial charge < -0.3 is 15.5 Å². The summed E-state index contributed by atoms with van der Waals surface area (Å²) in [6.07, 6.45) is 0.898. The second kappa shape index (κ2) is 7.04. The van der Waals surface area contributed by atoms with Crippen molar-refractivity contribution in [1.29, 1.82) is 0 Å². The van der Waals surface area contributed by atoms with Crippen LogP contribution in [0.3, 0.4) is 0 Å². The highest BCUT2D eigenvalue weighted by Gasteiger charge is 2.19. The maximum atomic E-state index is 11.8. The number of carbonyl (C=O) groups is 2. The lowest BCUT2D eigenvalue weighted by molar-refractivity contribution is -0.139. The standard InChI is InChI=1S/C12H16N2O6S/c1-21(19,20)14-9-4-2-8(3-5-9)11(16)13-10(6-7-15)12(17)18/h2-5,10,14-15H,6-7H2,1H3,(H,13,16)(H,17,18)/t10-/m0/s1. The number of carboxylic acids is 1. The molecule has 1 rings (SSSR count). The van der Waals surface area contributed by atoms with Crippen LogP contribution in [0.25, 0.3) is 0 Å². The maximum absolute atomic E-state index is 11.8. The van der Waals surface area contributed by atoms with E-state index >= 15 is 0 Å². The first-order valence-corrected chi connectivity index (χ1v) is 7.84. The van der Waals surface area contributed by atoms with E-state index in [1.807, 2.05) is 0 Å². The Kier molecular flexibility index (Phi) is 5.68. The van der Waals surface area contributed by atoms with E-state index in [1.54, 1.807) is 0 Å². The molecule has 0 saturated carbocycles. The lowest BCUT2D eigenvalue weighted by Crippen LogP contribution is -2.41. The number of aliphatic carboxylic acids is 1. The maximum Gasteiger partial charge on any atom is 0.326 e. The van der Waals surface area contributed by atoms with Gasteiger partial charge in [0.05, 0.1) is 6.26 Å². The largest absolute Gasteiger partial charge is 0.480 e. The van der Waals surface area contributed by atoms with Gasteiger partial charge in [0, 0.05) is 24.3 Å². The molecule has 0 radical (unpaired) electrons. The summed E-state index contributed by atoms with van der Waals surface area (Å²) >= 11 is 0. The van der Waals surface area contributed by atoms with Gasteiger partial charge in [-0.25, -0.2) is 13.2 Å². The minimum absolute atomic E-state index is 0.102. The van der Waals surface area contributed by atoms with E-state index in [2.05, 4.69) is 10.0 Å². The van der Waals surface area contributed by atoms with Crippen molar-refractivity contribution in [3.05, 3.63) is 29.8 Å². The molecule has 0 bridgehead atoms. The topological polar surface area (TPSA) is 133 Å². The van der Waals surface area contributed by atoms with Crippen LogP contribution in [-0.4, -0.2) is 49.4 Å². The molecule has 116 valence electrons. The summed E-state index contributed by atoms with van der Waals surface area (Å²) in [6, 6.07) is 4.31. The van der Waals surface area contributed by atoms with Crippen LogP contribution in [-0.2, 0) is 14.8 Å². The van der Waals surface area contributed by atoms with Gasteiger partial charge in [-0.15, -0.1) is 0 Å². The molecular formula is C12H16N2O6S. The number of carboxylic acid groups (broad SMARTS) is 1. The van der Waals surface area contributed by atoms with Crippen LogP contribution in [0.2, 0.25) is 0 Å². The highest BCUT2D eigenvalue weighted by molar-refractivity contribution is 7.92. The van der Waals surface area contributed by atoms with Crippen LogP contribution < -0.4 is 10.0 Å². The molecule has 0 aliphatic heterocycles. The molecule has 8 nitrogen and oxygen atoms in total. The van der Waals surface area contributed by atoms with Crippen molar-refractivity contribution < 1.29 is 28.2 Å². The minimum Gasteiger partial charge on any atom is -0.480 e. The fourth-order valence-corrected chi connectivity index (χ4v) is 2.10. The summed E-state index contributed by atoms with van der Waals surface area (Å²) in [5.74, 6) is -1.87. The summed E-state index contributed by atoms with van der Waals surface area (Å²) in [5.41, 5.74) is 0.470. The molecule has 0 fully saturated rings. The monoisotopic (exact) mass is 316 g/mol. The summed E-state index contributed by atoms with van der Waals surface area (Å²) in [7, 11) is -3.40. The third-order valence-corrected chi connectivity index (χ3v) is 3.08. The number of anilines is 1. The van der Waals surface area contributed by atoms with Gasteiger partial charge in [0.1, 0.15) is 6.04 Å². The first kappa shape index (κ1) is 16.9. The van der Waals surface area contributed by atoms with Crippen molar-refractivity contribution in [2.24, 2.45) is 0 Å². The molecular weight excluding hydrogens is 300 g/mol. The molecule has 0 heterocycles. The Labute approximate surface area is 121 Å². The van der Waals surface area contributed by atoms with E-state index in [-0.39, 0.29) is 18.6 Å². The molecule has 0 spiro atoms. The summed E-state index contributed by atoms with van der Waals surface area (Å²) in [5, 5.41) is 19.9. The number of nitrogens with one attached hydrogen (secondary N) is 2.